The lowest BCUT2D eigenvalue weighted by molar-refractivity contribution is -0.128. The second kappa shape index (κ2) is 6.05. The lowest BCUT2D eigenvalue weighted by Crippen LogP contribution is -2.56. The fraction of sp³-hybridized carbons (Fsp3) is 0.933. The number of nitrogens with one attached hydrogen (secondary N) is 2. The third-order valence-electron chi connectivity index (χ3n) is 5.00. The molecule has 0 aromatic rings. The third kappa shape index (κ3) is 2.87. The van der Waals surface area contributed by atoms with Crippen molar-refractivity contribution in [3.05, 3.63) is 0 Å². The minimum atomic E-state index is -0.275. The van der Waals surface area contributed by atoms with E-state index in [2.05, 4.69) is 24.5 Å². The molecule has 3 nitrogen and oxygen atoms in total. The molecule has 0 aromatic heterocycles. The van der Waals surface area contributed by atoms with Gasteiger partial charge in [0.2, 0.25) is 5.91 Å². The monoisotopic (exact) mass is 252 g/mol. The van der Waals surface area contributed by atoms with Crippen molar-refractivity contribution in [1.29, 1.82) is 0 Å². The molecule has 3 heteroatoms. The van der Waals surface area contributed by atoms with Crippen molar-refractivity contribution in [1.82, 2.24) is 10.6 Å². The van der Waals surface area contributed by atoms with Gasteiger partial charge in [-0.2, -0.15) is 0 Å². The summed E-state index contributed by atoms with van der Waals surface area (Å²) in [5.41, 5.74) is -0.275. The highest BCUT2D eigenvalue weighted by Crippen LogP contribution is 2.28. The van der Waals surface area contributed by atoms with E-state index in [1.165, 1.54) is 32.1 Å². The molecule has 104 valence electrons. The molecule has 1 unspecified atom stereocenters. The average Bonchev–Trinajstić information content (AvgIpc) is 2.89. The van der Waals surface area contributed by atoms with Gasteiger partial charge in [0.1, 0.15) is 0 Å². The molecule has 1 aliphatic carbocycles. The van der Waals surface area contributed by atoms with Gasteiger partial charge in [-0.05, 0) is 51.5 Å². The van der Waals surface area contributed by atoms with Crippen LogP contribution in [0.4, 0.5) is 0 Å². The highest BCUT2D eigenvalue weighted by Gasteiger charge is 2.40. The maximum atomic E-state index is 12.5. The van der Waals surface area contributed by atoms with Crippen LogP contribution < -0.4 is 10.6 Å². The van der Waals surface area contributed by atoms with E-state index >= 15 is 0 Å². The summed E-state index contributed by atoms with van der Waals surface area (Å²) in [4.78, 5) is 12.5. The zero-order valence-electron chi connectivity index (χ0n) is 11.9. The summed E-state index contributed by atoms with van der Waals surface area (Å²) in [6.07, 6.45) is 9.63. The molecule has 2 rings (SSSR count). The largest absolute Gasteiger partial charge is 0.352 e. The molecule has 1 saturated heterocycles. The highest BCUT2D eigenvalue weighted by atomic mass is 16.2. The van der Waals surface area contributed by atoms with Gasteiger partial charge in [-0.3, -0.25) is 4.79 Å². The van der Waals surface area contributed by atoms with Gasteiger partial charge in [-0.25, -0.2) is 0 Å². The van der Waals surface area contributed by atoms with E-state index in [0.29, 0.717) is 12.0 Å². The van der Waals surface area contributed by atoms with Crippen LogP contribution in [0.15, 0.2) is 0 Å². The fourth-order valence-corrected chi connectivity index (χ4v) is 3.56. The zero-order chi connectivity index (χ0) is 13.0. The molecule has 2 atom stereocenters. The molecule has 0 spiro atoms. The van der Waals surface area contributed by atoms with Gasteiger partial charge in [-0.1, -0.05) is 26.2 Å². The second-order valence-electron chi connectivity index (χ2n) is 6.13. The van der Waals surface area contributed by atoms with Crippen LogP contribution in [-0.4, -0.2) is 24.0 Å². The van der Waals surface area contributed by atoms with Crippen LogP contribution in [0.1, 0.15) is 65.2 Å². The summed E-state index contributed by atoms with van der Waals surface area (Å²) >= 11 is 0. The van der Waals surface area contributed by atoms with E-state index in [-0.39, 0.29) is 11.4 Å². The van der Waals surface area contributed by atoms with Crippen molar-refractivity contribution in [2.75, 3.05) is 6.54 Å². The van der Waals surface area contributed by atoms with Gasteiger partial charge < -0.3 is 10.6 Å². The van der Waals surface area contributed by atoms with Crippen LogP contribution in [0, 0.1) is 5.92 Å². The molecule has 18 heavy (non-hydrogen) atoms. The van der Waals surface area contributed by atoms with E-state index < -0.39 is 0 Å². The number of amides is 1. The van der Waals surface area contributed by atoms with Gasteiger partial charge in [0.05, 0.1) is 5.54 Å². The van der Waals surface area contributed by atoms with Crippen molar-refractivity contribution in [3.63, 3.8) is 0 Å². The summed E-state index contributed by atoms with van der Waals surface area (Å²) < 4.78 is 0. The Balaban J connectivity index is 1.89. The van der Waals surface area contributed by atoms with Crippen molar-refractivity contribution in [2.45, 2.75) is 76.8 Å². The Morgan fingerprint density at radius 1 is 1.33 bits per heavy atom. The molecule has 2 N–H and O–H groups in total. The first-order chi connectivity index (χ1) is 8.68. The van der Waals surface area contributed by atoms with Crippen LogP contribution in [0.5, 0.6) is 0 Å². The molecule has 0 bridgehead atoms. The van der Waals surface area contributed by atoms with Crippen LogP contribution in [0.25, 0.3) is 0 Å². The predicted molar refractivity (Wildman–Crippen MR) is 74.4 cm³/mol. The minimum absolute atomic E-state index is 0.237. The quantitative estimate of drug-likeness (QED) is 0.807. The summed E-state index contributed by atoms with van der Waals surface area (Å²) in [5.74, 6) is 0.929. The molecule has 1 aliphatic heterocycles. The van der Waals surface area contributed by atoms with E-state index in [0.717, 1.165) is 25.8 Å². The number of hydrogen-bond donors (Lipinski definition) is 2. The Labute approximate surface area is 111 Å². The number of hydrogen-bond acceptors (Lipinski definition) is 2. The second-order valence-corrected chi connectivity index (χ2v) is 6.13. The number of carbonyl (C=O) groups excluding carboxylic acids is 1. The average molecular weight is 252 g/mol. The van der Waals surface area contributed by atoms with Crippen LogP contribution in [0.2, 0.25) is 0 Å². The molecule has 2 fully saturated rings. The maximum Gasteiger partial charge on any atom is 0.240 e. The van der Waals surface area contributed by atoms with E-state index in [4.69, 9.17) is 0 Å². The Morgan fingerprint density at radius 2 is 2.06 bits per heavy atom. The van der Waals surface area contributed by atoms with Gasteiger partial charge in [-0.15, -0.1) is 0 Å². The van der Waals surface area contributed by atoms with Crippen molar-refractivity contribution >= 4 is 5.91 Å². The highest BCUT2D eigenvalue weighted by molar-refractivity contribution is 5.86. The van der Waals surface area contributed by atoms with E-state index in [1.54, 1.807) is 0 Å². The van der Waals surface area contributed by atoms with Crippen LogP contribution >= 0.6 is 0 Å². The smallest absolute Gasteiger partial charge is 0.240 e. The standard InChI is InChI=1S/C15H28N2O/c1-3-15(10-7-11-16-15)14(18)17-12(2)13-8-5-4-6-9-13/h12-13,16H,3-11H2,1-2H3,(H,17,18)/t12-,15?/m1/s1. The summed E-state index contributed by atoms with van der Waals surface area (Å²) in [5, 5.41) is 6.70. The van der Waals surface area contributed by atoms with Gasteiger partial charge in [0.25, 0.3) is 0 Å². The van der Waals surface area contributed by atoms with Gasteiger partial charge in [0.15, 0.2) is 0 Å². The first-order valence-electron chi connectivity index (χ1n) is 7.74. The molecule has 1 amide bonds. The topological polar surface area (TPSA) is 41.1 Å². The van der Waals surface area contributed by atoms with Crippen molar-refractivity contribution in [3.8, 4) is 0 Å². The lowest BCUT2D eigenvalue weighted by atomic mass is 9.84. The third-order valence-corrected chi connectivity index (χ3v) is 5.00. The van der Waals surface area contributed by atoms with Crippen LogP contribution in [0.3, 0.4) is 0 Å². The Bertz CT molecular complexity index is 278. The van der Waals surface area contributed by atoms with Crippen LogP contribution in [-0.2, 0) is 4.79 Å². The van der Waals surface area contributed by atoms with E-state index in [1.807, 2.05) is 0 Å². The molecule has 1 saturated carbocycles. The maximum absolute atomic E-state index is 12.5. The van der Waals surface area contributed by atoms with Gasteiger partial charge >= 0.3 is 0 Å². The molecular weight excluding hydrogens is 224 g/mol. The SMILES string of the molecule is CCC1(C(=O)N[C@H](C)C2CCCCC2)CCCN1. The molecule has 2 aliphatic rings. The van der Waals surface area contributed by atoms with E-state index in [9.17, 15) is 4.79 Å². The normalized spacial score (nSPS) is 31.2. The summed E-state index contributed by atoms with van der Waals surface area (Å²) in [6.45, 7) is 5.29. The Hall–Kier alpha value is -0.570. The summed E-state index contributed by atoms with van der Waals surface area (Å²) in [7, 11) is 0. The number of carbonyl (C=O) groups is 1. The number of rotatable bonds is 4. The zero-order valence-corrected chi connectivity index (χ0v) is 11.9. The fourth-order valence-electron chi connectivity index (χ4n) is 3.56. The molecule has 0 radical (unpaired) electrons. The first kappa shape index (κ1) is 13.9. The van der Waals surface area contributed by atoms with Gasteiger partial charge in [0, 0.05) is 6.04 Å². The molecule has 0 aromatic carbocycles. The summed E-state index contributed by atoms with van der Waals surface area (Å²) in [6, 6.07) is 0.337. The molecular formula is C15H28N2O. The van der Waals surface area contributed by atoms with Crippen molar-refractivity contribution in [2.24, 2.45) is 5.92 Å². The van der Waals surface area contributed by atoms with Crippen molar-refractivity contribution < 1.29 is 4.79 Å². The molecule has 1 heterocycles. The lowest BCUT2D eigenvalue weighted by Gasteiger charge is -2.33. The minimum Gasteiger partial charge on any atom is -0.352 e. The first-order valence-corrected chi connectivity index (χ1v) is 7.74. The Morgan fingerprint density at radius 3 is 2.61 bits per heavy atom. The Kier molecular flexibility index (Phi) is 4.66. The predicted octanol–water partition coefficient (Wildman–Crippen LogP) is 2.60.